The van der Waals surface area contributed by atoms with E-state index in [1.165, 1.54) is 0 Å². The first-order chi connectivity index (χ1) is 7.22. The van der Waals surface area contributed by atoms with Crippen LogP contribution in [-0.4, -0.2) is 35.1 Å². The minimum Gasteiger partial charge on any atom is -0.456 e. The average Bonchev–Trinajstić information content (AvgIpc) is 2.84. The fourth-order valence-corrected chi connectivity index (χ4v) is 1.98. The first kappa shape index (κ1) is 10.2. The summed E-state index contributed by atoms with van der Waals surface area (Å²) in [4.78, 5) is 13.6. The van der Waals surface area contributed by atoms with Gasteiger partial charge in [-0.1, -0.05) is 0 Å². The summed E-state index contributed by atoms with van der Waals surface area (Å²) in [6.07, 6.45) is 1.83. The van der Waals surface area contributed by atoms with Gasteiger partial charge in [0.25, 0.3) is 5.91 Å². The van der Waals surface area contributed by atoms with Crippen molar-refractivity contribution < 1.29 is 14.3 Å². The molecule has 0 aliphatic carbocycles. The molecule has 1 aliphatic heterocycles. The van der Waals surface area contributed by atoms with Gasteiger partial charge in [-0.3, -0.25) is 4.79 Å². The van der Waals surface area contributed by atoms with Crippen LogP contribution < -0.4 is 0 Å². The Hall–Kier alpha value is -1.29. The molecular weight excluding hydrogens is 194 g/mol. The molecule has 4 nitrogen and oxygen atoms in total. The molecule has 1 saturated heterocycles. The Morgan fingerprint density at radius 3 is 3.07 bits per heavy atom. The second kappa shape index (κ2) is 4.06. The standard InChI is InChI=1S/C11H15NO3/c1-8-4-5-10(15-8)11(14)12-6-2-3-9(12)7-13/h4-5,9,13H,2-3,6-7H2,1H3/t9-/m0/s1. The highest BCUT2D eigenvalue weighted by atomic mass is 16.3. The summed E-state index contributed by atoms with van der Waals surface area (Å²) in [6, 6.07) is 3.42. The van der Waals surface area contributed by atoms with E-state index in [1.54, 1.807) is 17.0 Å². The number of aliphatic hydroxyl groups is 1. The van der Waals surface area contributed by atoms with Crippen molar-refractivity contribution in [2.45, 2.75) is 25.8 Å². The molecule has 4 heteroatoms. The molecule has 0 unspecified atom stereocenters. The van der Waals surface area contributed by atoms with Gasteiger partial charge < -0.3 is 14.4 Å². The van der Waals surface area contributed by atoms with Crippen molar-refractivity contribution in [3.05, 3.63) is 23.7 Å². The van der Waals surface area contributed by atoms with Gasteiger partial charge in [0.15, 0.2) is 5.76 Å². The van der Waals surface area contributed by atoms with E-state index in [1.807, 2.05) is 6.92 Å². The minimum absolute atomic E-state index is 0.0332. The smallest absolute Gasteiger partial charge is 0.289 e. The van der Waals surface area contributed by atoms with Crippen molar-refractivity contribution in [1.82, 2.24) is 4.90 Å². The van der Waals surface area contributed by atoms with E-state index in [9.17, 15) is 4.79 Å². The Bertz CT molecular complexity index is 358. The molecule has 1 fully saturated rings. The van der Waals surface area contributed by atoms with E-state index in [0.717, 1.165) is 18.6 Å². The number of aliphatic hydroxyl groups excluding tert-OH is 1. The first-order valence-corrected chi connectivity index (χ1v) is 5.20. The van der Waals surface area contributed by atoms with Crippen LogP contribution in [0, 0.1) is 6.92 Å². The summed E-state index contributed by atoms with van der Waals surface area (Å²) in [5, 5.41) is 9.11. The molecule has 0 aromatic carbocycles. The van der Waals surface area contributed by atoms with E-state index < -0.39 is 0 Å². The zero-order valence-electron chi connectivity index (χ0n) is 8.77. The third-order valence-electron chi connectivity index (χ3n) is 2.80. The second-order valence-corrected chi connectivity index (χ2v) is 3.89. The van der Waals surface area contributed by atoms with Gasteiger partial charge in [-0.15, -0.1) is 0 Å². The minimum atomic E-state index is -0.111. The quantitative estimate of drug-likeness (QED) is 0.795. The van der Waals surface area contributed by atoms with Gasteiger partial charge in [-0.05, 0) is 31.9 Å². The van der Waals surface area contributed by atoms with E-state index in [4.69, 9.17) is 9.52 Å². The lowest BCUT2D eigenvalue weighted by Gasteiger charge is -2.21. The van der Waals surface area contributed by atoms with Crippen molar-refractivity contribution in [3.8, 4) is 0 Å². The Balaban J connectivity index is 2.13. The highest BCUT2D eigenvalue weighted by molar-refractivity contribution is 5.92. The van der Waals surface area contributed by atoms with Gasteiger partial charge in [-0.25, -0.2) is 0 Å². The SMILES string of the molecule is Cc1ccc(C(=O)N2CCC[C@H]2CO)o1. The molecule has 1 aliphatic rings. The molecule has 0 saturated carbocycles. The van der Waals surface area contributed by atoms with E-state index in [0.29, 0.717) is 12.3 Å². The monoisotopic (exact) mass is 209 g/mol. The van der Waals surface area contributed by atoms with Crippen LogP contribution in [0.1, 0.15) is 29.2 Å². The van der Waals surface area contributed by atoms with Crippen LogP contribution in [0.25, 0.3) is 0 Å². The lowest BCUT2D eigenvalue weighted by Crippen LogP contribution is -2.37. The predicted octanol–water partition coefficient (Wildman–Crippen LogP) is 1.18. The van der Waals surface area contributed by atoms with Crippen molar-refractivity contribution in [2.24, 2.45) is 0 Å². The summed E-state index contributed by atoms with van der Waals surface area (Å²) in [5.74, 6) is 0.991. The molecule has 2 rings (SSSR count). The van der Waals surface area contributed by atoms with Gasteiger partial charge in [0, 0.05) is 6.54 Å². The Kier molecular flexibility index (Phi) is 2.77. The number of hydrogen-bond acceptors (Lipinski definition) is 3. The first-order valence-electron chi connectivity index (χ1n) is 5.20. The third kappa shape index (κ3) is 1.90. The molecule has 1 aromatic heterocycles. The topological polar surface area (TPSA) is 53.7 Å². The molecule has 0 bridgehead atoms. The highest BCUT2D eigenvalue weighted by Crippen LogP contribution is 2.20. The molecule has 0 spiro atoms. The molecular formula is C11H15NO3. The summed E-state index contributed by atoms with van der Waals surface area (Å²) >= 11 is 0. The van der Waals surface area contributed by atoms with Crippen molar-refractivity contribution in [3.63, 3.8) is 0 Å². The fourth-order valence-electron chi connectivity index (χ4n) is 1.98. The number of carbonyl (C=O) groups excluding carboxylic acids is 1. The summed E-state index contributed by atoms with van der Waals surface area (Å²) in [5.41, 5.74) is 0. The molecule has 15 heavy (non-hydrogen) atoms. The maximum Gasteiger partial charge on any atom is 0.289 e. The normalized spacial score (nSPS) is 20.9. The summed E-state index contributed by atoms with van der Waals surface area (Å²) < 4.78 is 5.28. The van der Waals surface area contributed by atoms with Crippen LogP contribution in [0.2, 0.25) is 0 Å². The zero-order chi connectivity index (χ0) is 10.8. The van der Waals surface area contributed by atoms with E-state index in [2.05, 4.69) is 0 Å². The van der Waals surface area contributed by atoms with E-state index in [-0.39, 0.29) is 18.6 Å². The maximum absolute atomic E-state index is 12.0. The summed E-state index contributed by atoms with van der Waals surface area (Å²) in [6.45, 7) is 2.56. The van der Waals surface area contributed by atoms with Crippen molar-refractivity contribution in [1.29, 1.82) is 0 Å². The van der Waals surface area contributed by atoms with Crippen LogP contribution in [-0.2, 0) is 0 Å². The number of furan rings is 1. The Labute approximate surface area is 88.5 Å². The Morgan fingerprint density at radius 1 is 1.67 bits per heavy atom. The number of amides is 1. The number of nitrogens with zero attached hydrogens (tertiary/aromatic N) is 1. The average molecular weight is 209 g/mol. The predicted molar refractivity (Wildman–Crippen MR) is 54.6 cm³/mol. The maximum atomic E-state index is 12.0. The van der Waals surface area contributed by atoms with Crippen molar-refractivity contribution in [2.75, 3.05) is 13.2 Å². The van der Waals surface area contributed by atoms with Gasteiger partial charge in [0.05, 0.1) is 12.6 Å². The Morgan fingerprint density at radius 2 is 2.47 bits per heavy atom. The molecule has 0 radical (unpaired) electrons. The molecule has 1 aromatic rings. The van der Waals surface area contributed by atoms with Gasteiger partial charge in [0.2, 0.25) is 0 Å². The number of aryl methyl sites for hydroxylation is 1. The van der Waals surface area contributed by atoms with Crippen LogP contribution in [0.5, 0.6) is 0 Å². The highest BCUT2D eigenvalue weighted by Gasteiger charge is 2.30. The fraction of sp³-hybridized carbons (Fsp3) is 0.545. The van der Waals surface area contributed by atoms with Crippen LogP contribution in [0.15, 0.2) is 16.5 Å². The molecule has 1 amide bonds. The third-order valence-corrected chi connectivity index (χ3v) is 2.80. The van der Waals surface area contributed by atoms with Crippen LogP contribution in [0.4, 0.5) is 0 Å². The number of carbonyl (C=O) groups is 1. The largest absolute Gasteiger partial charge is 0.456 e. The lowest BCUT2D eigenvalue weighted by molar-refractivity contribution is 0.0645. The van der Waals surface area contributed by atoms with Gasteiger partial charge >= 0.3 is 0 Å². The summed E-state index contributed by atoms with van der Waals surface area (Å²) in [7, 11) is 0. The number of rotatable bonds is 2. The van der Waals surface area contributed by atoms with E-state index >= 15 is 0 Å². The van der Waals surface area contributed by atoms with Gasteiger partial charge in [-0.2, -0.15) is 0 Å². The molecule has 1 atom stereocenters. The number of likely N-dealkylation sites (tertiary alicyclic amines) is 1. The van der Waals surface area contributed by atoms with Crippen LogP contribution in [0.3, 0.4) is 0 Å². The lowest BCUT2D eigenvalue weighted by atomic mass is 10.2. The van der Waals surface area contributed by atoms with Crippen molar-refractivity contribution >= 4 is 5.91 Å². The second-order valence-electron chi connectivity index (χ2n) is 3.89. The van der Waals surface area contributed by atoms with Crippen LogP contribution >= 0.6 is 0 Å². The van der Waals surface area contributed by atoms with Gasteiger partial charge in [0.1, 0.15) is 5.76 Å². The molecule has 2 heterocycles. The molecule has 1 N–H and O–H groups in total. The zero-order valence-corrected chi connectivity index (χ0v) is 8.77. The number of hydrogen-bond donors (Lipinski definition) is 1. The molecule has 82 valence electrons.